The van der Waals surface area contributed by atoms with Crippen LogP contribution in [0.5, 0.6) is 0 Å². The van der Waals surface area contributed by atoms with Gasteiger partial charge in [0.25, 0.3) is 0 Å². The van der Waals surface area contributed by atoms with E-state index in [4.69, 9.17) is 0 Å². The predicted octanol–water partition coefficient (Wildman–Crippen LogP) is 4.58. The summed E-state index contributed by atoms with van der Waals surface area (Å²) < 4.78 is 0. The van der Waals surface area contributed by atoms with Gasteiger partial charge in [-0.05, 0) is 43.0 Å². The molecule has 3 aromatic rings. The Morgan fingerprint density at radius 3 is 2.41 bits per heavy atom. The lowest BCUT2D eigenvalue weighted by atomic mass is 10.0. The molecular formula is C22H22N2O2S. The molecule has 0 bridgehead atoms. The highest BCUT2D eigenvalue weighted by molar-refractivity contribution is 7.10. The first-order chi connectivity index (χ1) is 13.0. The summed E-state index contributed by atoms with van der Waals surface area (Å²) in [5, 5.41) is 8.20. The summed E-state index contributed by atoms with van der Waals surface area (Å²) in [6.07, 6.45) is 0. The molecule has 0 unspecified atom stereocenters. The number of ketones is 1. The first-order valence-corrected chi connectivity index (χ1v) is 9.65. The first-order valence-electron chi connectivity index (χ1n) is 8.78. The number of thiophene rings is 1. The number of hydrogen-bond acceptors (Lipinski definition) is 4. The number of amides is 1. The number of Topliss-reactive ketones (excluding diaryl/α,β-unsaturated/α-hetero) is 1. The smallest absolute Gasteiger partial charge is 0.238 e. The van der Waals surface area contributed by atoms with E-state index in [2.05, 4.69) is 47.9 Å². The number of carbonyl (C=O) groups is 2. The highest BCUT2D eigenvalue weighted by Crippen LogP contribution is 2.26. The number of aryl methyl sites for hydroxylation is 1. The number of hydrogen-bond donors (Lipinski definition) is 2. The van der Waals surface area contributed by atoms with Gasteiger partial charge in [0.15, 0.2) is 5.78 Å². The molecule has 5 heteroatoms. The van der Waals surface area contributed by atoms with E-state index < -0.39 is 0 Å². The van der Waals surface area contributed by atoms with Crippen LogP contribution in [0.15, 0.2) is 66.0 Å². The summed E-state index contributed by atoms with van der Waals surface area (Å²) in [5.74, 6) is -0.257. The van der Waals surface area contributed by atoms with Crippen molar-refractivity contribution in [1.82, 2.24) is 5.32 Å². The summed E-state index contributed by atoms with van der Waals surface area (Å²) in [4.78, 5) is 25.3. The van der Waals surface area contributed by atoms with Gasteiger partial charge in [0.1, 0.15) is 0 Å². The monoisotopic (exact) mass is 378 g/mol. The Morgan fingerprint density at radius 1 is 1.00 bits per heavy atom. The highest BCUT2D eigenvalue weighted by Gasteiger charge is 2.17. The molecule has 0 spiro atoms. The fourth-order valence-electron chi connectivity index (χ4n) is 2.89. The maximum absolute atomic E-state index is 12.5. The lowest BCUT2D eigenvalue weighted by Gasteiger charge is -2.18. The molecule has 0 fully saturated rings. The topological polar surface area (TPSA) is 58.2 Å². The normalized spacial score (nSPS) is 11.8. The Labute approximate surface area is 163 Å². The summed E-state index contributed by atoms with van der Waals surface area (Å²) in [6, 6.07) is 19.4. The van der Waals surface area contributed by atoms with E-state index >= 15 is 0 Å². The van der Waals surface area contributed by atoms with Gasteiger partial charge in [0.2, 0.25) is 5.91 Å². The van der Waals surface area contributed by atoms with Crippen molar-refractivity contribution in [2.24, 2.45) is 0 Å². The first kappa shape index (κ1) is 19.0. The third kappa shape index (κ3) is 4.90. The van der Waals surface area contributed by atoms with Crippen LogP contribution in [0.4, 0.5) is 5.69 Å². The molecular weight excluding hydrogens is 356 g/mol. The third-order valence-corrected chi connectivity index (χ3v) is 5.22. The third-order valence-electron chi connectivity index (χ3n) is 4.29. The van der Waals surface area contributed by atoms with Crippen molar-refractivity contribution in [2.45, 2.75) is 19.9 Å². The van der Waals surface area contributed by atoms with Crippen LogP contribution in [0, 0.1) is 6.92 Å². The fourth-order valence-corrected chi connectivity index (χ4v) is 3.71. The molecule has 1 heterocycles. The van der Waals surface area contributed by atoms with Crippen molar-refractivity contribution in [2.75, 3.05) is 11.9 Å². The predicted molar refractivity (Wildman–Crippen MR) is 110 cm³/mol. The van der Waals surface area contributed by atoms with E-state index in [0.29, 0.717) is 11.3 Å². The van der Waals surface area contributed by atoms with Gasteiger partial charge in [0, 0.05) is 10.4 Å². The van der Waals surface area contributed by atoms with Gasteiger partial charge in [-0.3, -0.25) is 14.9 Å². The number of nitrogens with one attached hydrogen (secondary N) is 2. The molecule has 27 heavy (non-hydrogen) atoms. The Balaban J connectivity index is 1.71. The van der Waals surface area contributed by atoms with E-state index in [1.807, 2.05) is 11.4 Å². The molecule has 0 saturated carbocycles. The van der Waals surface area contributed by atoms with Gasteiger partial charge in [-0.25, -0.2) is 0 Å². The molecule has 0 aliphatic heterocycles. The molecule has 1 aromatic heterocycles. The van der Waals surface area contributed by atoms with Crippen LogP contribution in [0.3, 0.4) is 0 Å². The zero-order valence-corrected chi connectivity index (χ0v) is 16.2. The van der Waals surface area contributed by atoms with Crippen molar-refractivity contribution in [3.05, 3.63) is 87.6 Å². The van der Waals surface area contributed by atoms with E-state index in [1.165, 1.54) is 12.5 Å². The van der Waals surface area contributed by atoms with Crippen molar-refractivity contribution in [3.63, 3.8) is 0 Å². The average molecular weight is 378 g/mol. The van der Waals surface area contributed by atoms with Crippen LogP contribution in [0.25, 0.3) is 0 Å². The lowest BCUT2D eigenvalue weighted by Crippen LogP contribution is -2.31. The van der Waals surface area contributed by atoms with Crippen LogP contribution in [0.2, 0.25) is 0 Å². The zero-order valence-electron chi connectivity index (χ0n) is 15.4. The number of carbonyl (C=O) groups excluding carboxylic acids is 2. The summed E-state index contributed by atoms with van der Waals surface area (Å²) >= 11 is 1.65. The van der Waals surface area contributed by atoms with Crippen molar-refractivity contribution >= 4 is 28.7 Å². The molecule has 2 N–H and O–H groups in total. The van der Waals surface area contributed by atoms with Crippen LogP contribution in [-0.2, 0) is 4.79 Å². The minimum Gasteiger partial charge on any atom is -0.324 e. The van der Waals surface area contributed by atoms with Crippen LogP contribution in [0.1, 0.15) is 39.3 Å². The second-order valence-electron chi connectivity index (χ2n) is 6.39. The van der Waals surface area contributed by atoms with Gasteiger partial charge < -0.3 is 5.32 Å². The number of rotatable bonds is 7. The molecule has 4 nitrogen and oxygen atoms in total. The van der Waals surface area contributed by atoms with Gasteiger partial charge in [-0.1, -0.05) is 48.0 Å². The fraction of sp³-hybridized carbons (Fsp3) is 0.182. The summed E-state index contributed by atoms with van der Waals surface area (Å²) in [6.45, 7) is 3.69. The molecule has 0 aliphatic rings. The molecule has 0 aliphatic carbocycles. The Morgan fingerprint density at radius 2 is 1.74 bits per heavy atom. The summed E-state index contributed by atoms with van der Waals surface area (Å²) in [7, 11) is 0. The van der Waals surface area contributed by atoms with Gasteiger partial charge in [-0.2, -0.15) is 0 Å². The molecule has 1 atom stereocenters. The van der Waals surface area contributed by atoms with Crippen molar-refractivity contribution in [1.29, 1.82) is 0 Å². The molecule has 1 amide bonds. The second kappa shape index (κ2) is 8.75. The molecule has 3 rings (SSSR count). The largest absolute Gasteiger partial charge is 0.324 e. The Hall–Kier alpha value is -2.76. The Bertz CT molecular complexity index is 918. The molecule has 2 aromatic carbocycles. The van der Waals surface area contributed by atoms with Gasteiger partial charge >= 0.3 is 0 Å². The Kier molecular flexibility index (Phi) is 6.16. The minimum absolute atomic E-state index is 0.0561. The second-order valence-corrected chi connectivity index (χ2v) is 7.37. The van der Waals surface area contributed by atoms with E-state index in [9.17, 15) is 9.59 Å². The van der Waals surface area contributed by atoms with Gasteiger partial charge in [-0.15, -0.1) is 11.3 Å². The molecule has 0 radical (unpaired) electrons. The molecule has 138 valence electrons. The molecule has 0 saturated heterocycles. The quantitative estimate of drug-likeness (QED) is 0.592. The SMILES string of the molecule is CC(=O)c1ccccc1NC(=O)CN[C@H](c1ccc(C)cc1)c1cccs1. The van der Waals surface area contributed by atoms with Crippen LogP contribution in [-0.4, -0.2) is 18.2 Å². The minimum atomic E-state index is -0.183. The number of para-hydroxylation sites is 1. The maximum atomic E-state index is 12.5. The zero-order chi connectivity index (χ0) is 19.2. The van der Waals surface area contributed by atoms with Gasteiger partial charge in [0.05, 0.1) is 18.3 Å². The standard InChI is InChI=1S/C22H22N2O2S/c1-15-9-11-17(12-10-15)22(20-8-5-13-27-20)23-14-21(26)24-19-7-4-3-6-18(19)16(2)25/h3-13,22-23H,14H2,1-2H3,(H,24,26)/t22-/m1/s1. The highest BCUT2D eigenvalue weighted by atomic mass is 32.1. The van der Waals surface area contributed by atoms with Crippen LogP contribution < -0.4 is 10.6 Å². The van der Waals surface area contributed by atoms with Crippen LogP contribution >= 0.6 is 11.3 Å². The summed E-state index contributed by atoms with van der Waals surface area (Å²) in [5.41, 5.74) is 3.36. The van der Waals surface area contributed by atoms with Crippen molar-refractivity contribution < 1.29 is 9.59 Å². The lowest BCUT2D eigenvalue weighted by molar-refractivity contribution is -0.115. The van der Waals surface area contributed by atoms with E-state index in [1.54, 1.807) is 35.6 Å². The number of anilines is 1. The van der Waals surface area contributed by atoms with Crippen molar-refractivity contribution in [3.8, 4) is 0 Å². The maximum Gasteiger partial charge on any atom is 0.238 e. The average Bonchev–Trinajstić information content (AvgIpc) is 3.18. The number of benzene rings is 2. The van der Waals surface area contributed by atoms with E-state index in [0.717, 1.165) is 10.4 Å². The van der Waals surface area contributed by atoms with E-state index in [-0.39, 0.29) is 24.3 Å².